The number of rotatable bonds is 2. The van der Waals surface area contributed by atoms with Crippen LogP contribution in [0.25, 0.3) is 32.6 Å². The lowest BCUT2D eigenvalue weighted by molar-refractivity contribution is 0.584. The van der Waals surface area contributed by atoms with E-state index in [1.54, 1.807) is 16.8 Å². The summed E-state index contributed by atoms with van der Waals surface area (Å²) in [6.07, 6.45) is 1.88. The number of aromatic nitrogens is 3. The summed E-state index contributed by atoms with van der Waals surface area (Å²) in [6, 6.07) is 8.12. The van der Waals surface area contributed by atoms with Crippen molar-refractivity contribution in [1.82, 2.24) is 14.8 Å². The van der Waals surface area contributed by atoms with E-state index in [1.165, 1.54) is 6.07 Å². The second-order valence-electron chi connectivity index (χ2n) is 6.28. The van der Waals surface area contributed by atoms with Crippen LogP contribution < -0.4 is 0 Å². The van der Waals surface area contributed by atoms with Crippen LogP contribution in [0.5, 0.6) is 0 Å². The van der Waals surface area contributed by atoms with Crippen LogP contribution in [-0.2, 0) is 13.0 Å². The second-order valence-corrected chi connectivity index (χ2v) is 7.57. The third-order valence-corrected chi connectivity index (χ3v) is 5.81. The Balaban J connectivity index is 1.78. The zero-order chi connectivity index (χ0) is 17.8. The minimum atomic E-state index is -0.771. The molecular weight excluding hydrogens is 376 g/mol. The number of hydrogen-bond donors (Lipinski definition) is 0. The molecule has 0 bridgehead atoms. The van der Waals surface area contributed by atoms with Crippen molar-refractivity contribution < 1.29 is 8.78 Å². The first kappa shape index (κ1) is 15.9. The lowest BCUT2D eigenvalue weighted by atomic mass is 9.97. The molecule has 0 saturated carbocycles. The van der Waals surface area contributed by atoms with Gasteiger partial charge in [0.15, 0.2) is 0 Å². The molecular formula is C19H12ClF2N3S. The molecule has 3 heterocycles. The van der Waals surface area contributed by atoms with Gasteiger partial charge in [-0.05, 0) is 36.6 Å². The van der Waals surface area contributed by atoms with E-state index in [1.807, 2.05) is 16.8 Å². The summed E-state index contributed by atoms with van der Waals surface area (Å²) in [5, 5.41) is 4.51. The summed E-state index contributed by atoms with van der Waals surface area (Å²) >= 11 is 7.47. The molecule has 0 radical (unpaired) electrons. The van der Waals surface area contributed by atoms with Gasteiger partial charge in [0.2, 0.25) is 0 Å². The Morgan fingerprint density at radius 3 is 2.88 bits per heavy atom. The van der Waals surface area contributed by atoms with Crippen molar-refractivity contribution in [2.24, 2.45) is 0 Å². The van der Waals surface area contributed by atoms with Crippen LogP contribution in [0.2, 0.25) is 5.02 Å². The van der Waals surface area contributed by atoms with Crippen LogP contribution in [-0.4, -0.2) is 14.8 Å². The monoisotopic (exact) mass is 387 g/mol. The topological polar surface area (TPSA) is 30.7 Å². The van der Waals surface area contributed by atoms with E-state index in [-0.39, 0.29) is 10.6 Å². The van der Waals surface area contributed by atoms with Crippen molar-refractivity contribution in [3.8, 4) is 22.4 Å². The van der Waals surface area contributed by atoms with Gasteiger partial charge in [-0.25, -0.2) is 13.8 Å². The largest absolute Gasteiger partial charge is 0.268 e. The van der Waals surface area contributed by atoms with Gasteiger partial charge < -0.3 is 0 Å². The first-order valence-corrected chi connectivity index (χ1v) is 9.46. The van der Waals surface area contributed by atoms with Crippen molar-refractivity contribution in [2.75, 3.05) is 0 Å². The molecule has 0 N–H and O–H groups in total. The minimum Gasteiger partial charge on any atom is -0.268 e. The fraction of sp³-hybridized carbons (Fsp3) is 0.158. The Bertz CT molecular complexity index is 1170. The summed E-state index contributed by atoms with van der Waals surface area (Å²) in [6.45, 7) is 0.793. The molecule has 0 aliphatic carbocycles. The lowest BCUT2D eigenvalue weighted by Gasteiger charge is -2.08. The zero-order valence-corrected chi connectivity index (χ0v) is 15.0. The van der Waals surface area contributed by atoms with Crippen molar-refractivity contribution >= 4 is 33.2 Å². The first-order valence-electron chi connectivity index (χ1n) is 8.20. The lowest BCUT2D eigenvalue weighted by Crippen LogP contribution is -1.95. The third kappa shape index (κ3) is 2.36. The Morgan fingerprint density at radius 2 is 2.00 bits per heavy atom. The number of aryl methyl sites for hydroxylation is 1. The molecule has 1 aliphatic heterocycles. The van der Waals surface area contributed by atoms with Gasteiger partial charge in [-0.3, -0.25) is 4.68 Å². The van der Waals surface area contributed by atoms with E-state index >= 15 is 0 Å². The number of fused-ring (bicyclic) bond motifs is 2. The van der Waals surface area contributed by atoms with Gasteiger partial charge in [0.05, 0.1) is 20.7 Å². The average molecular weight is 388 g/mol. The fourth-order valence-electron chi connectivity index (χ4n) is 3.54. The Hall–Kier alpha value is -2.31. The van der Waals surface area contributed by atoms with Gasteiger partial charge in [0.25, 0.3) is 0 Å². The number of thiazole rings is 1. The van der Waals surface area contributed by atoms with E-state index in [0.717, 1.165) is 52.5 Å². The molecule has 4 aromatic rings. The molecule has 0 saturated heterocycles. The molecule has 5 rings (SSSR count). The van der Waals surface area contributed by atoms with E-state index in [0.29, 0.717) is 5.69 Å². The Kier molecular flexibility index (Phi) is 3.58. The van der Waals surface area contributed by atoms with Crippen LogP contribution in [0.3, 0.4) is 0 Å². The molecule has 7 heteroatoms. The van der Waals surface area contributed by atoms with E-state index in [2.05, 4.69) is 16.1 Å². The highest BCUT2D eigenvalue weighted by atomic mass is 35.5. The summed E-state index contributed by atoms with van der Waals surface area (Å²) in [4.78, 5) is 4.31. The van der Waals surface area contributed by atoms with Gasteiger partial charge in [0, 0.05) is 29.4 Å². The van der Waals surface area contributed by atoms with Gasteiger partial charge in [-0.15, -0.1) is 11.3 Å². The molecule has 1 aliphatic rings. The van der Waals surface area contributed by atoms with Gasteiger partial charge in [-0.1, -0.05) is 17.7 Å². The van der Waals surface area contributed by atoms with Crippen molar-refractivity contribution in [2.45, 2.75) is 19.4 Å². The van der Waals surface area contributed by atoms with Crippen LogP contribution >= 0.6 is 22.9 Å². The second kappa shape index (κ2) is 5.86. The number of benzene rings is 2. The quantitative estimate of drug-likeness (QED) is 0.413. The molecule has 3 nitrogen and oxygen atoms in total. The molecule has 26 heavy (non-hydrogen) atoms. The summed E-state index contributed by atoms with van der Waals surface area (Å²) in [7, 11) is 0. The van der Waals surface area contributed by atoms with Crippen molar-refractivity contribution in [3.63, 3.8) is 0 Å². The van der Waals surface area contributed by atoms with Crippen LogP contribution in [0.1, 0.15) is 12.1 Å². The molecule has 2 aromatic carbocycles. The molecule has 0 amide bonds. The Labute approximate surface area is 156 Å². The molecule has 0 spiro atoms. The molecule has 0 unspecified atom stereocenters. The van der Waals surface area contributed by atoms with Crippen LogP contribution in [0.4, 0.5) is 8.78 Å². The maximum absolute atomic E-state index is 14.5. The molecule has 0 atom stereocenters. The van der Waals surface area contributed by atoms with Crippen molar-refractivity contribution in [3.05, 3.63) is 58.2 Å². The number of hydrogen-bond acceptors (Lipinski definition) is 3. The van der Waals surface area contributed by atoms with Crippen LogP contribution in [0, 0.1) is 11.6 Å². The fourth-order valence-corrected chi connectivity index (χ4v) is 4.42. The molecule has 2 aromatic heterocycles. The highest BCUT2D eigenvalue weighted by molar-refractivity contribution is 7.16. The van der Waals surface area contributed by atoms with Gasteiger partial charge >= 0.3 is 0 Å². The van der Waals surface area contributed by atoms with Crippen molar-refractivity contribution in [1.29, 1.82) is 0 Å². The molecule has 130 valence electrons. The predicted octanol–water partition coefficient (Wildman–Crippen LogP) is 5.70. The van der Waals surface area contributed by atoms with E-state index < -0.39 is 11.6 Å². The Morgan fingerprint density at radius 1 is 1.12 bits per heavy atom. The minimum absolute atomic E-state index is 0.113. The smallest absolute Gasteiger partial charge is 0.144 e. The highest BCUT2D eigenvalue weighted by Crippen LogP contribution is 2.40. The van der Waals surface area contributed by atoms with E-state index in [9.17, 15) is 8.78 Å². The standard InChI is InChI=1S/C19H12ClF2N3S/c20-12-7-11(13(21)8-14(12)22)19-18(16-2-1-5-25(16)24-19)10-3-4-15-17(6-10)26-9-23-15/h3-4,6-9H,1-2,5H2. The maximum atomic E-state index is 14.5. The van der Waals surface area contributed by atoms with Gasteiger partial charge in [-0.2, -0.15) is 5.10 Å². The maximum Gasteiger partial charge on any atom is 0.144 e. The summed E-state index contributed by atoms with van der Waals surface area (Å²) in [5.41, 5.74) is 6.38. The van der Waals surface area contributed by atoms with E-state index in [4.69, 9.17) is 11.6 Å². The third-order valence-electron chi connectivity index (χ3n) is 4.73. The number of halogens is 3. The summed E-state index contributed by atoms with van der Waals surface area (Å²) in [5.74, 6) is -1.43. The zero-order valence-electron chi connectivity index (χ0n) is 13.5. The average Bonchev–Trinajstić information content (AvgIpc) is 3.32. The predicted molar refractivity (Wildman–Crippen MR) is 99.5 cm³/mol. The van der Waals surface area contributed by atoms with Gasteiger partial charge in [0.1, 0.15) is 17.3 Å². The summed E-state index contributed by atoms with van der Waals surface area (Å²) < 4.78 is 31.1. The number of nitrogens with zero attached hydrogens (tertiary/aromatic N) is 3. The normalized spacial score (nSPS) is 13.5. The SMILES string of the molecule is Fc1cc(F)c(-c2nn3c(c2-c2ccc4ncsc4c2)CCC3)cc1Cl. The highest BCUT2D eigenvalue weighted by Gasteiger charge is 2.26. The first-order chi connectivity index (χ1) is 12.6. The van der Waals surface area contributed by atoms with Crippen LogP contribution in [0.15, 0.2) is 35.8 Å². The molecule has 0 fully saturated rings.